The van der Waals surface area contributed by atoms with Crippen LogP contribution in [0.4, 0.5) is 0 Å². The number of hydrogen-bond acceptors (Lipinski definition) is 5. The smallest absolute Gasteiger partial charge is 0.310 e. The highest BCUT2D eigenvalue weighted by Crippen LogP contribution is 2.25. The van der Waals surface area contributed by atoms with E-state index in [4.69, 9.17) is 0 Å². The van der Waals surface area contributed by atoms with Gasteiger partial charge in [0.15, 0.2) is 0 Å². The Balaban J connectivity index is 1.50. The number of imide groups is 1. The van der Waals surface area contributed by atoms with Gasteiger partial charge >= 0.3 is 5.69 Å². The number of carbonyl (C=O) groups excluding carboxylic acids is 2. The van der Waals surface area contributed by atoms with Crippen molar-refractivity contribution in [2.75, 3.05) is 13.1 Å². The lowest BCUT2D eigenvalue weighted by Crippen LogP contribution is -2.40. The molecule has 134 valence electrons. The van der Waals surface area contributed by atoms with Crippen molar-refractivity contribution in [3.8, 4) is 0 Å². The molecule has 1 saturated heterocycles. The number of H-pyrrole nitrogens is 1. The zero-order valence-electron chi connectivity index (χ0n) is 14.2. The van der Waals surface area contributed by atoms with Gasteiger partial charge in [-0.3, -0.25) is 28.8 Å². The molecule has 1 aromatic heterocycles. The molecule has 0 spiro atoms. The Hall–Kier alpha value is -3.00. The summed E-state index contributed by atoms with van der Waals surface area (Å²) < 4.78 is 1.51. The molecule has 26 heavy (non-hydrogen) atoms. The average Bonchev–Trinajstić information content (AvgIpc) is 3.18. The van der Waals surface area contributed by atoms with Crippen LogP contribution >= 0.6 is 0 Å². The van der Waals surface area contributed by atoms with Crippen LogP contribution in [-0.4, -0.2) is 45.4 Å². The highest BCUT2D eigenvalue weighted by atomic mass is 16.2. The van der Waals surface area contributed by atoms with E-state index in [1.165, 1.54) is 9.47 Å². The van der Waals surface area contributed by atoms with Gasteiger partial charge in [0.05, 0.1) is 17.2 Å². The molecule has 2 aliphatic heterocycles. The summed E-state index contributed by atoms with van der Waals surface area (Å²) in [6, 6.07) is 6.54. The van der Waals surface area contributed by atoms with Gasteiger partial charge in [0.25, 0.3) is 17.4 Å². The first kappa shape index (κ1) is 16.5. The summed E-state index contributed by atoms with van der Waals surface area (Å²) in [5, 5.41) is 3.26. The molecule has 2 amide bonds. The molecule has 2 aliphatic rings. The monoisotopic (exact) mass is 354 g/mol. The predicted octanol–water partition coefficient (Wildman–Crippen LogP) is 0.0442. The maximum atomic E-state index is 12.5. The first-order valence-electron chi connectivity index (χ1n) is 8.46. The Kier molecular flexibility index (Phi) is 3.84. The van der Waals surface area contributed by atoms with Crippen molar-refractivity contribution >= 4 is 11.8 Å². The summed E-state index contributed by atoms with van der Waals surface area (Å²) >= 11 is 0. The van der Waals surface area contributed by atoms with Crippen LogP contribution in [0.3, 0.4) is 0 Å². The molecule has 8 nitrogen and oxygen atoms in total. The summed E-state index contributed by atoms with van der Waals surface area (Å²) in [7, 11) is 0. The van der Waals surface area contributed by atoms with E-state index in [1.54, 1.807) is 37.4 Å². The predicted molar refractivity (Wildman–Crippen MR) is 93.3 cm³/mol. The quantitative estimate of drug-likeness (QED) is 0.758. The second kappa shape index (κ2) is 6.06. The van der Waals surface area contributed by atoms with E-state index < -0.39 is 5.69 Å². The van der Waals surface area contributed by atoms with Crippen LogP contribution in [0.1, 0.15) is 38.7 Å². The van der Waals surface area contributed by atoms with Crippen molar-refractivity contribution in [2.45, 2.75) is 25.4 Å². The SMILES string of the molecule is Cc1cn([C@H]2CN[C@@H](CN3C(=O)c4ccccc4C3=O)C2)c(=O)[nH]c1=O. The van der Waals surface area contributed by atoms with Crippen LogP contribution in [0, 0.1) is 6.92 Å². The molecule has 3 heterocycles. The van der Waals surface area contributed by atoms with Crippen molar-refractivity contribution < 1.29 is 9.59 Å². The Labute approximate surface area is 148 Å². The largest absolute Gasteiger partial charge is 0.328 e. The van der Waals surface area contributed by atoms with E-state index in [0.717, 1.165) is 0 Å². The molecule has 1 fully saturated rings. The lowest BCUT2D eigenvalue weighted by Gasteiger charge is -2.19. The Bertz CT molecular complexity index is 987. The Morgan fingerprint density at radius 1 is 1.08 bits per heavy atom. The number of rotatable bonds is 3. The minimum atomic E-state index is -0.450. The Morgan fingerprint density at radius 2 is 1.73 bits per heavy atom. The molecule has 0 radical (unpaired) electrons. The standard InChI is InChI=1S/C18H18N4O4/c1-10-8-21(18(26)20-15(10)23)12-6-11(19-7-12)9-22-16(24)13-4-2-3-5-14(13)17(22)25/h2-5,8,11-12,19H,6-7,9H2,1H3,(H,20,23,26)/t11-,12-/m1/s1. The van der Waals surface area contributed by atoms with Crippen molar-refractivity contribution in [1.29, 1.82) is 0 Å². The number of aromatic nitrogens is 2. The maximum Gasteiger partial charge on any atom is 0.328 e. The lowest BCUT2D eigenvalue weighted by molar-refractivity contribution is 0.0641. The minimum Gasteiger partial charge on any atom is -0.310 e. The number of benzene rings is 1. The molecule has 2 N–H and O–H groups in total. The normalized spacial score (nSPS) is 22.1. The van der Waals surface area contributed by atoms with Crippen LogP contribution in [0.5, 0.6) is 0 Å². The Morgan fingerprint density at radius 3 is 2.38 bits per heavy atom. The molecule has 2 atom stereocenters. The van der Waals surface area contributed by atoms with E-state index in [-0.39, 0.29) is 36.0 Å². The molecule has 4 rings (SSSR count). The van der Waals surface area contributed by atoms with Crippen LogP contribution in [0.15, 0.2) is 40.1 Å². The summed E-state index contributed by atoms with van der Waals surface area (Å²) in [5.41, 5.74) is 0.487. The fourth-order valence-electron chi connectivity index (χ4n) is 3.63. The topological polar surface area (TPSA) is 104 Å². The summed E-state index contributed by atoms with van der Waals surface area (Å²) in [5.74, 6) is -0.569. The molecule has 0 saturated carbocycles. The van der Waals surface area contributed by atoms with Crippen LogP contribution in [-0.2, 0) is 0 Å². The van der Waals surface area contributed by atoms with Crippen LogP contribution in [0.2, 0.25) is 0 Å². The number of hydrogen-bond donors (Lipinski definition) is 2. The molecule has 0 bridgehead atoms. The maximum absolute atomic E-state index is 12.5. The first-order chi connectivity index (χ1) is 12.5. The fourth-order valence-corrected chi connectivity index (χ4v) is 3.63. The van der Waals surface area contributed by atoms with E-state index in [2.05, 4.69) is 10.3 Å². The third-order valence-corrected chi connectivity index (χ3v) is 5.02. The van der Waals surface area contributed by atoms with Gasteiger partial charge < -0.3 is 5.32 Å². The average molecular weight is 354 g/mol. The van der Waals surface area contributed by atoms with Gasteiger partial charge in [-0.1, -0.05) is 12.1 Å². The van der Waals surface area contributed by atoms with Gasteiger partial charge in [0, 0.05) is 30.9 Å². The van der Waals surface area contributed by atoms with Gasteiger partial charge in [-0.05, 0) is 25.5 Å². The highest BCUT2D eigenvalue weighted by molar-refractivity contribution is 6.21. The number of fused-ring (bicyclic) bond motifs is 1. The van der Waals surface area contributed by atoms with E-state index in [0.29, 0.717) is 29.7 Å². The second-order valence-corrected chi connectivity index (χ2v) is 6.74. The molecule has 1 aromatic carbocycles. The van der Waals surface area contributed by atoms with Gasteiger partial charge in [-0.15, -0.1) is 0 Å². The van der Waals surface area contributed by atoms with Crippen molar-refractivity contribution in [3.63, 3.8) is 0 Å². The third-order valence-electron chi connectivity index (χ3n) is 5.02. The zero-order valence-corrected chi connectivity index (χ0v) is 14.2. The minimum absolute atomic E-state index is 0.110. The number of amides is 2. The van der Waals surface area contributed by atoms with Crippen LogP contribution < -0.4 is 16.6 Å². The lowest BCUT2D eigenvalue weighted by atomic mass is 10.1. The summed E-state index contributed by atoms with van der Waals surface area (Å²) in [6.45, 7) is 2.42. The van der Waals surface area contributed by atoms with Crippen molar-refractivity contribution in [2.24, 2.45) is 0 Å². The molecule has 0 aliphatic carbocycles. The fraction of sp³-hybridized carbons (Fsp3) is 0.333. The summed E-state index contributed by atoms with van der Waals surface area (Å²) in [4.78, 5) is 52.0. The van der Waals surface area contributed by atoms with Crippen LogP contribution in [0.25, 0.3) is 0 Å². The molecule has 8 heteroatoms. The van der Waals surface area contributed by atoms with Gasteiger partial charge in [-0.2, -0.15) is 0 Å². The molecular weight excluding hydrogens is 336 g/mol. The number of nitrogens with zero attached hydrogens (tertiary/aromatic N) is 2. The van der Waals surface area contributed by atoms with E-state index in [9.17, 15) is 19.2 Å². The van der Waals surface area contributed by atoms with E-state index >= 15 is 0 Å². The second-order valence-electron chi connectivity index (χ2n) is 6.74. The van der Waals surface area contributed by atoms with Gasteiger partial charge in [0.1, 0.15) is 0 Å². The number of aromatic amines is 1. The van der Waals surface area contributed by atoms with Crippen molar-refractivity contribution in [3.05, 3.63) is 68.0 Å². The van der Waals surface area contributed by atoms with Gasteiger partial charge in [-0.25, -0.2) is 4.79 Å². The van der Waals surface area contributed by atoms with Crippen molar-refractivity contribution in [1.82, 2.24) is 19.8 Å². The first-order valence-corrected chi connectivity index (χ1v) is 8.46. The highest BCUT2D eigenvalue weighted by Gasteiger charge is 2.38. The molecule has 2 aromatic rings. The molecular formula is C18H18N4O4. The third kappa shape index (κ3) is 2.59. The van der Waals surface area contributed by atoms with E-state index in [1.807, 2.05) is 0 Å². The van der Waals surface area contributed by atoms with Gasteiger partial charge in [0.2, 0.25) is 0 Å². The zero-order chi connectivity index (χ0) is 18.4. The molecule has 0 unspecified atom stereocenters. The number of carbonyl (C=O) groups is 2. The number of aryl methyl sites for hydroxylation is 1. The summed E-state index contributed by atoms with van der Waals surface area (Å²) in [6.07, 6.45) is 2.14. The number of nitrogens with one attached hydrogen (secondary N) is 2.